The molecule has 0 amide bonds. The molecule has 1 aromatic heterocycles. The van der Waals surface area contributed by atoms with Crippen molar-refractivity contribution >= 4 is 17.6 Å². The van der Waals surface area contributed by atoms with E-state index in [2.05, 4.69) is 17.3 Å². The Kier molecular flexibility index (Phi) is 4.64. The number of hydrogen-bond acceptors (Lipinski definition) is 4. The molecule has 1 heterocycles. The molecule has 0 saturated heterocycles. The second-order valence-electron chi connectivity index (χ2n) is 2.75. The second-order valence-corrected chi connectivity index (χ2v) is 3.85. The summed E-state index contributed by atoms with van der Waals surface area (Å²) in [4.78, 5) is 4.04. The van der Waals surface area contributed by atoms with Crippen LogP contribution in [0.1, 0.15) is 18.9 Å². The third kappa shape index (κ3) is 3.65. The number of rotatable bonds is 5. The van der Waals surface area contributed by atoms with Gasteiger partial charge in [0.15, 0.2) is 0 Å². The first-order valence-corrected chi connectivity index (χ1v) is 5.51. The van der Waals surface area contributed by atoms with E-state index in [1.54, 1.807) is 6.20 Å². The minimum absolute atomic E-state index is 0.731. The van der Waals surface area contributed by atoms with Gasteiger partial charge in [-0.05, 0) is 29.9 Å². The van der Waals surface area contributed by atoms with Gasteiger partial charge in [-0.15, -0.1) is 0 Å². The van der Waals surface area contributed by atoms with Gasteiger partial charge in [-0.2, -0.15) is 11.8 Å². The Morgan fingerprint density at radius 1 is 1.62 bits per heavy atom. The molecule has 0 unspecified atom stereocenters. The molecule has 3 N–H and O–H groups in total. The van der Waals surface area contributed by atoms with Gasteiger partial charge in [0, 0.05) is 11.9 Å². The van der Waals surface area contributed by atoms with Crippen molar-refractivity contribution in [2.24, 2.45) is 5.84 Å². The maximum atomic E-state index is 5.25. The molecule has 0 spiro atoms. The van der Waals surface area contributed by atoms with Crippen molar-refractivity contribution < 1.29 is 0 Å². The first-order chi connectivity index (χ1) is 6.36. The maximum Gasteiger partial charge on any atom is 0.140 e. The number of pyridine rings is 1. The zero-order valence-corrected chi connectivity index (χ0v) is 8.60. The number of hydrogen-bond donors (Lipinski definition) is 2. The van der Waals surface area contributed by atoms with Crippen LogP contribution in [0.5, 0.6) is 0 Å². The van der Waals surface area contributed by atoms with Crippen LogP contribution in [-0.4, -0.2) is 10.7 Å². The molecule has 1 aromatic rings. The lowest BCUT2D eigenvalue weighted by molar-refractivity contribution is 1.10. The molecule has 0 aliphatic rings. The van der Waals surface area contributed by atoms with Crippen LogP contribution >= 0.6 is 11.8 Å². The Labute approximate surface area is 83.1 Å². The second kappa shape index (κ2) is 5.83. The molecular weight excluding hydrogens is 182 g/mol. The van der Waals surface area contributed by atoms with E-state index >= 15 is 0 Å². The predicted molar refractivity (Wildman–Crippen MR) is 58.5 cm³/mol. The van der Waals surface area contributed by atoms with Gasteiger partial charge in [0.1, 0.15) is 5.82 Å². The number of anilines is 1. The van der Waals surface area contributed by atoms with Crippen molar-refractivity contribution in [3.63, 3.8) is 0 Å². The van der Waals surface area contributed by atoms with Gasteiger partial charge in [0.2, 0.25) is 0 Å². The molecule has 0 aliphatic heterocycles. The molecule has 0 fully saturated rings. The van der Waals surface area contributed by atoms with Crippen LogP contribution in [0.4, 0.5) is 5.82 Å². The molecule has 3 nitrogen and oxygen atoms in total. The number of nitrogens with two attached hydrogens (primary N) is 1. The molecule has 0 bridgehead atoms. The van der Waals surface area contributed by atoms with E-state index in [1.807, 2.05) is 23.9 Å². The first-order valence-electron chi connectivity index (χ1n) is 4.36. The molecule has 13 heavy (non-hydrogen) atoms. The summed E-state index contributed by atoms with van der Waals surface area (Å²) in [6.45, 7) is 2.19. The van der Waals surface area contributed by atoms with Crippen LogP contribution in [0.2, 0.25) is 0 Å². The summed E-state index contributed by atoms with van der Waals surface area (Å²) >= 11 is 1.93. The Morgan fingerprint density at radius 3 is 3.15 bits per heavy atom. The van der Waals surface area contributed by atoms with Gasteiger partial charge >= 0.3 is 0 Å². The van der Waals surface area contributed by atoms with Crippen molar-refractivity contribution in [2.45, 2.75) is 19.1 Å². The fourth-order valence-electron chi connectivity index (χ4n) is 0.977. The molecule has 0 aliphatic carbocycles. The van der Waals surface area contributed by atoms with E-state index in [4.69, 9.17) is 5.84 Å². The van der Waals surface area contributed by atoms with Crippen LogP contribution in [-0.2, 0) is 5.75 Å². The highest BCUT2D eigenvalue weighted by molar-refractivity contribution is 7.98. The fourth-order valence-corrected chi connectivity index (χ4v) is 1.83. The normalized spacial score (nSPS) is 10.0. The summed E-state index contributed by atoms with van der Waals surface area (Å²) in [6.07, 6.45) is 2.99. The highest BCUT2D eigenvalue weighted by Crippen LogP contribution is 2.14. The van der Waals surface area contributed by atoms with Crippen LogP contribution in [0, 0.1) is 0 Å². The SMILES string of the molecule is CCCSCc1ccnc(NN)c1. The summed E-state index contributed by atoms with van der Waals surface area (Å²) in [7, 11) is 0. The molecule has 4 heteroatoms. The van der Waals surface area contributed by atoms with E-state index < -0.39 is 0 Å². The number of aromatic nitrogens is 1. The van der Waals surface area contributed by atoms with E-state index in [0.29, 0.717) is 0 Å². The summed E-state index contributed by atoms with van der Waals surface area (Å²) in [6, 6.07) is 3.99. The minimum Gasteiger partial charge on any atom is -0.308 e. The van der Waals surface area contributed by atoms with E-state index in [1.165, 1.54) is 17.7 Å². The molecule has 1 rings (SSSR count). The molecule has 0 radical (unpaired) electrons. The van der Waals surface area contributed by atoms with E-state index in [-0.39, 0.29) is 0 Å². The number of hydrazine groups is 1. The number of thioether (sulfide) groups is 1. The number of nitrogens with zero attached hydrogens (tertiary/aromatic N) is 1. The molecule has 0 saturated carbocycles. The van der Waals surface area contributed by atoms with Crippen molar-refractivity contribution in [3.8, 4) is 0 Å². The van der Waals surface area contributed by atoms with Crippen LogP contribution in [0.3, 0.4) is 0 Å². The van der Waals surface area contributed by atoms with Crippen LogP contribution in [0.25, 0.3) is 0 Å². The smallest absolute Gasteiger partial charge is 0.140 e. The lowest BCUT2D eigenvalue weighted by atomic mass is 10.3. The van der Waals surface area contributed by atoms with Gasteiger partial charge < -0.3 is 5.43 Å². The monoisotopic (exact) mass is 197 g/mol. The third-order valence-electron chi connectivity index (χ3n) is 1.59. The van der Waals surface area contributed by atoms with Gasteiger partial charge in [-0.1, -0.05) is 6.92 Å². The lowest BCUT2D eigenvalue weighted by Crippen LogP contribution is -2.08. The Hall–Kier alpha value is -0.740. The Bertz CT molecular complexity index is 252. The van der Waals surface area contributed by atoms with Gasteiger partial charge in [-0.25, -0.2) is 10.8 Å². The largest absolute Gasteiger partial charge is 0.308 e. The lowest BCUT2D eigenvalue weighted by Gasteiger charge is -2.02. The van der Waals surface area contributed by atoms with Gasteiger partial charge in [-0.3, -0.25) is 0 Å². The van der Waals surface area contributed by atoms with Gasteiger partial charge in [0.05, 0.1) is 0 Å². The van der Waals surface area contributed by atoms with E-state index in [0.717, 1.165) is 11.6 Å². The van der Waals surface area contributed by atoms with Crippen LogP contribution in [0.15, 0.2) is 18.3 Å². The zero-order chi connectivity index (χ0) is 9.52. The highest BCUT2D eigenvalue weighted by atomic mass is 32.2. The van der Waals surface area contributed by atoms with Crippen molar-refractivity contribution in [3.05, 3.63) is 23.9 Å². The minimum atomic E-state index is 0.731. The maximum absolute atomic E-state index is 5.25. The molecule has 72 valence electrons. The van der Waals surface area contributed by atoms with Crippen molar-refractivity contribution in [2.75, 3.05) is 11.2 Å². The summed E-state index contributed by atoms with van der Waals surface area (Å²) < 4.78 is 0. The average molecular weight is 197 g/mol. The standard InChI is InChI=1S/C9H15N3S/c1-2-5-13-7-8-3-4-11-9(6-8)12-10/h3-4,6H,2,5,7,10H2,1H3,(H,11,12). The van der Waals surface area contributed by atoms with Crippen molar-refractivity contribution in [1.29, 1.82) is 0 Å². The Balaban J connectivity index is 2.46. The predicted octanol–water partition coefficient (Wildman–Crippen LogP) is 2.01. The summed E-state index contributed by atoms with van der Waals surface area (Å²) in [5.74, 6) is 8.22. The fraction of sp³-hybridized carbons (Fsp3) is 0.444. The highest BCUT2D eigenvalue weighted by Gasteiger charge is 1.95. The van der Waals surface area contributed by atoms with Crippen LogP contribution < -0.4 is 11.3 Å². The molecule has 0 atom stereocenters. The number of nitrogens with one attached hydrogen (secondary N) is 1. The topological polar surface area (TPSA) is 50.9 Å². The Morgan fingerprint density at radius 2 is 2.46 bits per heavy atom. The zero-order valence-electron chi connectivity index (χ0n) is 7.79. The molecule has 0 aromatic carbocycles. The summed E-state index contributed by atoms with van der Waals surface area (Å²) in [5.41, 5.74) is 3.80. The summed E-state index contributed by atoms with van der Waals surface area (Å²) in [5, 5.41) is 0. The molecular formula is C9H15N3S. The number of nitrogen functional groups attached to an aromatic ring is 1. The van der Waals surface area contributed by atoms with Crippen molar-refractivity contribution in [1.82, 2.24) is 4.98 Å². The quantitative estimate of drug-likeness (QED) is 0.431. The first kappa shape index (κ1) is 10.3. The average Bonchev–Trinajstić information content (AvgIpc) is 2.19. The van der Waals surface area contributed by atoms with Gasteiger partial charge in [0.25, 0.3) is 0 Å². The van der Waals surface area contributed by atoms with E-state index in [9.17, 15) is 0 Å². The third-order valence-corrected chi connectivity index (χ3v) is 2.82.